The van der Waals surface area contributed by atoms with Crippen molar-refractivity contribution in [2.75, 3.05) is 6.54 Å². The number of H-pyrrole nitrogens is 2. The highest BCUT2D eigenvalue weighted by Crippen LogP contribution is 2.37. The smallest absolute Gasteiger partial charge is 0.159 e. The second-order valence-corrected chi connectivity index (χ2v) is 9.04. The molecule has 6 rings (SSSR count). The topological polar surface area (TPSA) is 82.3 Å². The Hall–Kier alpha value is -4.43. The van der Waals surface area contributed by atoms with Crippen LogP contribution >= 0.6 is 0 Å². The summed E-state index contributed by atoms with van der Waals surface area (Å²) in [6.07, 6.45) is 3.46. The second kappa shape index (κ2) is 9.22. The zero-order valence-electron chi connectivity index (χ0n) is 20.4. The van der Waals surface area contributed by atoms with Gasteiger partial charge in [-0.1, -0.05) is 31.2 Å². The van der Waals surface area contributed by atoms with Gasteiger partial charge in [0.15, 0.2) is 5.82 Å². The third-order valence-electron chi connectivity index (χ3n) is 6.52. The van der Waals surface area contributed by atoms with E-state index in [2.05, 4.69) is 25.5 Å². The monoisotopic (exact) mass is 494 g/mol. The molecular formula is C29H24F2N6. The number of halogens is 2. The van der Waals surface area contributed by atoms with Crippen molar-refractivity contribution in [1.29, 1.82) is 0 Å². The van der Waals surface area contributed by atoms with E-state index < -0.39 is 0 Å². The number of pyridine rings is 1. The molecule has 3 aromatic carbocycles. The minimum atomic E-state index is -0.382. The Balaban J connectivity index is 1.50. The van der Waals surface area contributed by atoms with Gasteiger partial charge < -0.3 is 10.3 Å². The highest BCUT2D eigenvalue weighted by atomic mass is 19.1. The molecule has 0 spiro atoms. The lowest BCUT2D eigenvalue weighted by Gasteiger charge is -2.11. The molecule has 0 aliphatic heterocycles. The number of aryl methyl sites for hydroxylation is 1. The predicted molar refractivity (Wildman–Crippen MR) is 142 cm³/mol. The minimum absolute atomic E-state index is 0.322. The summed E-state index contributed by atoms with van der Waals surface area (Å²) in [4.78, 5) is 12.4. The number of rotatable bonds is 6. The molecule has 0 atom stereocenters. The van der Waals surface area contributed by atoms with E-state index in [-0.39, 0.29) is 11.6 Å². The number of imidazole rings is 1. The Morgan fingerprint density at radius 1 is 0.946 bits per heavy atom. The summed E-state index contributed by atoms with van der Waals surface area (Å²) < 4.78 is 30.1. The van der Waals surface area contributed by atoms with E-state index in [9.17, 15) is 4.39 Å². The van der Waals surface area contributed by atoms with Gasteiger partial charge in [-0.2, -0.15) is 5.10 Å². The molecule has 0 amide bonds. The second-order valence-electron chi connectivity index (χ2n) is 9.04. The number of hydrogen-bond acceptors (Lipinski definition) is 4. The van der Waals surface area contributed by atoms with Crippen LogP contribution in [0.1, 0.15) is 18.1 Å². The minimum Gasteiger partial charge on any atom is -0.337 e. The van der Waals surface area contributed by atoms with Crippen LogP contribution in [-0.2, 0) is 6.54 Å². The van der Waals surface area contributed by atoms with Crippen LogP contribution in [0.25, 0.3) is 55.7 Å². The molecule has 3 N–H and O–H groups in total. The molecule has 3 aromatic heterocycles. The molecule has 37 heavy (non-hydrogen) atoms. The van der Waals surface area contributed by atoms with Gasteiger partial charge >= 0.3 is 0 Å². The molecule has 0 saturated heterocycles. The van der Waals surface area contributed by atoms with Crippen molar-refractivity contribution in [3.63, 3.8) is 0 Å². The summed E-state index contributed by atoms with van der Waals surface area (Å²) in [6.45, 7) is 5.40. The summed E-state index contributed by atoms with van der Waals surface area (Å²) >= 11 is 0. The molecule has 6 nitrogen and oxygen atoms in total. The van der Waals surface area contributed by atoms with Crippen molar-refractivity contribution in [3.8, 4) is 33.8 Å². The van der Waals surface area contributed by atoms with Crippen LogP contribution in [0, 0.1) is 18.6 Å². The summed E-state index contributed by atoms with van der Waals surface area (Å²) in [5, 5.41) is 11.0. The quantitative estimate of drug-likeness (QED) is 0.246. The first-order valence-corrected chi connectivity index (χ1v) is 12.1. The molecule has 3 heterocycles. The molecule has 0 saturated carbocycles. The van der Waals surface area contributed by atoms with Crippen LogP contribution < -0.4 is 5.32 Å². The van der Waals surface area contributed by atoms with Gasteiger partial charge in [0.1, 0.15) is 17.3 Å². The van der Waals surface area contributed by atoms with Crippen LogP contribution in [0.2, 0.25) is 0 Å². The largest absolute Gasteiger partial charge is 0.337 e. The van der Waals surface area contributed by atoms with E-state index in [1.165, 1.54) is 12.1 Å². The van der Waals surface area contributed by atoms with Gasteiger partial charge in [-0.15, -0.1) is 0 Å². The van der Waals surface area contributed by atoms with E-state index in [0.29, 0.717) is 51.2 Å². The lowest BCUT2D eigenvalue weighted by atomic mass is 9.97. The number of benzene rings is 3. The van der Waals surface area contributed by atoms with E-state index in [0.717, 1.165) is 28.8 Å². The summed E-state index contributed by atoms with van der Waals surface area (Å²) in [5.41, 5.74) is 6.81. The Morgan fingerprint density at radius 3 is 2.65 bits per heavy atom. The molecular weight excluding hydrogens is 470 g/mol. The standard InChI is InChI=1S/C29H24F2N6/c1-3-32-13-17-11-19(15-33-14-17)24-16(2)10-23-25(26(24)31)28(37-36-23)29-34-22-9-5-8-21(27(22)35-29)18-6-4-7-20(30)12-18/h4-12,14-15,32H,3,13H2,1-2H3,(H,34,35)(H,36,37). The Morgan fingerprint density at radius 2 is 1.81 bits per heavy atom. The number of nitrogens with one attached hydrogen (secondary N) is 3. The van der Waals surface area contributed by atoms with E-state index in [1.807, 2.05) is 50.2 Å². The van der Waals surface area contributed by atoms with Crippen LogP contribution in [0.15, 0.2) is 67.0 Å². The first-order chi connectivity index (χ1) is 18.0. The number of aromatic nitrogens is 5. The average molecular weight is 495 g/mol. The predicted octanol–water partition coefficient (Wildman–Crippen LogP) is 6.53. The van der Waals surface area contributed by atoms with E-state index in [4.69, 9.17) is 4.98 Å². The molecule has 6 aromatic rings. The molecule has 0 aliphatic rings. The maximum atomic E-state index is 16.2. The Labute approximate surface area is 211 Å². The van der Waals surface area contributed by atoms with Gasteiger partial charge in [0.05, 0.1) is 21.9 Å². The molecule has 184 valence electrons. The molecule has 0 aliphatic carbocycles. The highest BCUT2D eigenvalue weighted by molar-refractivity contribution is 5.99. The van der Waals surface area contributed by atoms with Crippen LogP contribution in [0.3, 0.4) is 0 Å². The van der Waals surface area contributed by atoms with Gasteiger partial charge in [-0.05, 0) is 60.5 Å². The fraction of sp³-hybridized carbons (Fsp3) is 0.138. The maximum absolute atomic E-state index is 16.2. The molecule has 0 fully saturated rings. The van der Waals surface area contributed by atoms with Crippen molar-refractivity contribution in [2.24, 2.45) is 0 Å². The van der Waals surface area contributed by atoms with Crippen molar-refractivity contribution < 1.29 is 8.78 Å². The summed E-state index contributed by atoms with van der Waals surface area (Å²) in [5.74, 6) is -0.276. The third kappa shape index (κ3) is 4.05. The molecule has 0 unspecified atom stereocenters. The number of hydrogen-bond donors (Lipinski definition) is 3. The SMILES string of the molecule is CCNCc1cncc(-c2c(C)cc3[nH]nc(-c4nc5c(-c6cccc(F)c6)cccc5[nH]4)c3c2F)c1. The fourth-order valence-corrected chi connectivity index (χ4v) is 4.82. The third-order valence-corrected chi connectivity index (χ3v) is 6.52. The zero-order chi connectivity index (χ0) is 25.5. The Bertz CT molecular complexity index is 1770. The van der Waals surface area contributed by atoms with Crippen molar-refractivity contribution >= 4 is 21.9 Å². The first-order valence-electron chi connectivity index (χ1n) is 12.1. The average Bonchev–Trinajstić information content (AvgIpc) is 3.52. The summed E-state index contributed by atoms with van der Waals surface area (Å²) in [6, 6.07) is 15.9. The van der Waals surface area contributed by atoms with Gasteiger partial charge in [0, 0.05) is 35.6 Å². The number of aromatic amines is 2. The van der Waals surface area contributed by atoms with Gasteiger partial charge in [-0.3, -0.25) is 10.1 Å². The lowest BCUT2D eigenvalue weighted by Crippen LogP contribution is -2.11. The van der Waals surface area contributed by atoms with Crippen molar-refractivity contribution in [1.82, 2.24) is 30.5 Å². The first kappa shape index (κ1) is 23.0. The van der Waals surface area contributed by atoms with Gasteiger partial charge in [-0.25, -0.2) is 13.8 Å². The van der Waals surface area contributed by atoms with Gasteiger partial charge in [0.25, 0.3) is 0 Å². The van der Waals surface area contributed by atoms with E-state index in [1.54, 1.807) is 18.5 Å². The van der Waals surface area contributed by atoms with Crippen LogP contribution in [0.5, 0.6) is 0 Å². The van der Waals surface area contributed by atoms with Crippen molar-refractivity contribution in [2.45, 2.75) is 20.4 Å². The molecule has 0 radical (unpaired) electrons. The Kier molecular flexibility index (Phi) is 5.73. The fourth-order valence-electron chi connectivity index (χ4n) is 4.82. The number of para-hydroxylation sites is 1. The van der Waals surface area contributed by atoms with Crippen molar-refractivity contribution in [3.05, 3.63) is 89.8 Å². The van der Waals surface area contributed by atoms with Gasteiger partial charge in [0.2, 0.25) is 0 Å². The molecule has 8 heteroatoms. The summed E-state index contributed by atoms with van der Waals surface area (Å²) in [7, 11) is 0. The van der Waals surface area contributed by atoms with Crippen LogP contribution in [0.4, 0.5) is 8.78 Å². The van der Waals surface area contributed by atoms with Crippen LogP contribution in [-0.4, -0.2) is 31.7 Å². The number of nitrogens with zero attached hydrogens (tertiary/aromatic N) is 3. The maximum Gasteiger partial charge on any atom is 0.159 e. The molecule has 0 bridgehead atoms. The van der Waals surface area contributed by atoms with E-state index >= 15 is 4.39 Å². The number of fused-ring (bicyclic) bond motifs is 2. The lowest BCUT2D eigenvalue weighted by molar-refractivity contribution is 0.628. The zero-order valence-corrected chi connectivity index (χ0v) is 20.4. The highest BCUT2D eigenvalue weighted by Gasteiger charge is 2.22. The normalized spacial score (nSPS) is 11.6.